The molecular formula is C16H21N5O. The van der Waals surface area contributed by atoms with E-state index in [1.807, 2.05) is 4.90 Å². The van der Waals surface area contributed by atoms with Crippen LogP contribution in [0.5, 0.6) is 0 Å². The number of rotatable bonds is 4. The van der Waals surface area contributed by atoms with Gasteiger partial charge < -0.3 is 4.90 Å². The van der Waals surface area contributed by atoms with E-state index >= 15 is 0 Å². The second-order valence-electron chi connectivity index (χ2n) is 5.98. The largest absolute Gasteiger partial charge is 0.338 e. The van der Waals surface area contributed by atoms with Crippen molar-refractivity contribution in [3.8, 4) is 0 Å². The van der Waals surface area contributed by atoms with E-state index in [0.29, 0.717) is 25.3 Å². The van der Waals surface area contributed by atoms with Crippen molar-refractivity contribution in [1.82, 2.24) is 25.1 Å². The third kappa shape index (κ3) is 3.00. The average molecular weight is 299 g/mol. The summed E-state index contributed by atoms with van der Waals surface area (Å²) in [5, 5.41) is 7.52. The normalized spacial score (nSPS) is 14.2. The lowest BCUT2D eigenvalue weighted by molar-refractivity contribution is -0.132. The van der Waals surface area contributed by atoms with Crippen molar-refractivity contribution in [1.29, 1.82) is 0 Å². The first-order chi connectivity index (χ1) is 10.6. The molecule has 1 N–H and O–H groups in total. The molecule has 0 spiro atoms. The van der Waals surface area contributed by atoms with E-state index in [1.165, 1.54) is 11.3 Å². The summed E-state index contributed by atoms with van der Waals surface area (Å²) >= 11 is 0. The van der Waals surface area contributed by atoms with Crippen LogP contribution in [0.1, 0.15) is 48.8 Å². The lowest BCUT2D eigenvalue weighted by atomic mass is 9.99. The molecule has 2 aromatic rings. The topological polar surface area (TPSA) is 74.8 Å². The fourth-order valence-electron chi connectivity index (χ4n) is 2.86. The number of aromatic nitrogens is 4. The minimum Gasteiger partial charge on any atom is -0.338 e. The summed E-state index contributed by atoms with van der Waals surface area (Å²) in [6.45, 7) is 5.68. The summed E-state index contributed by atoms with van der Waals surface area (Å²) in [7, 11) is 0. The highest BCUT2D eigenvalue weighted by Gasteiger charge is 2.25. The molecule has 116 valence electrons. The van der Waals surface area contributed by atoms with Crippen LogP contribution >= 0.6 is 0 Å². The molecule has 3 rings (SSSR count). The first-order valence-electron chi connectivity index (χ1n) is 7.74. The van der Waals surface area contributed by atoms with Gasteiger partial charge in [-0.05, 0) is 12.3 Å². The molecule has 0 fully saturated rings. The van der Waals surface area contributed by atoms with Gasteiger partial charge in [0, 0.05) is 55.8 Å². The molecule has 22 heavy (non-hydrogen) atoms. The maximum Gasteiger partial charge on any atom is 0.223 e. The van der Waals surface area contributed by atoms with E-state index in [-0.39, 0.29) is 5.91 Å². The highest BCUT2D eigenvalue weighted by atomic mass is 16.2. The van der Waals surface area contributed by atoms with Crippen LogP contribution in [-0.4, -0.2) is 37.5 Å². The highest BCUT2D eigenvalue weighted by molar-refractivity contribution is 5.76. The molecule has 1 amide bonds. The van der Waals surface area contributed by atoms with Crippen LogP contribution in [0.2, 0.25) is 0 Å². The molecule has 0 saturated heterocycles. The Bertz CT molecular complexity index is 650. The first kappa shape index (κ1) is 14.7. The number of H-pyrrole nitrogens is 1. The van der Waals surface area contributed by atoms with Crippen LogP contribution in [0, 0.1) is 0 Å². The molecule has 1 aliphatic rings. The van der Waals surface area contributed by atoms with E-state index in [1.54, 1.807) is 18.6 Å². The molecule has 0 unspecified atom stereocenters. The van der Waals surface area contributed by atoms with Crippen molar-refractivity contribution in [3.63, 3.8) is 0 Å². The van der Waals surface area contributed by atoms with Crippen molar-refractivity contribution < 1.29 is 4.79 Å². The number of aromatic amines is 1. The molecule has 1 aliphatic heterocycles. The lowest BCUT2D eigenvalue weighted by Crippen LogP contribution is -2.36. The third-order valence-electron chi connectivity index (χ3n) is 4.08. The highest BCUT2D eigenvalue weighted by Crippen LogP contribution is 2.25. The average Bonchev–Trinajstić information content (AvgIpc) is 2.96. The fraction of sp³-hybridized carbons (Fsp3) is 0.500. The second kappa shape index (κ2) is 6.25. The Hall–Kier alpha value is -2.24. The van der Waals surface area contributed by atoms with Crippen LogP contribution in [0.3, 0.4) is 0 Å². The molecule has 6 heteroatoms. The van der Waals surface area contributed by atoms with Gasteiger partial charge in [0.15, 0.2) is 0 Å². The minimum absolute atomic E-state index is 0.173. The standard InChI is InChI=1S/C16H21N5O/c1-11(2)16-13-10-21(8-5-14(13)19-20-16)15(22)4-3-12-9-17-6-7-18-12/h6-7,9,11H,3-5,8,10H2,1-2H3,(H,19,20). The van der Waals surface area contributed by atoms with Gasteiger partial charge in [0.05, 0.1) is 11.4 Å². The fourth-order valence-corrected chi connectivity index (χ4v) is 2.86. The number of nitrogens with one attached hydrogen (secondary N) is 1. The third-order valence-corrected chi connectivity index (χ3v) is 4.08. The zero-order valence-corrected chi connectivity index (χ0v) is 13.0. The zero-order valence-electron chi connectivity index (χ0n) is 13.0. The zero-order chi connectivity index (χ0) is 15.5. The summed E-state index contributed by atoms with van der Waals surface area (Å²) in [6, 6.07) is 0. The molecule has 0 aromatic carbocycles. The Kier molecular flexibility index (Phi) is 4.18. The number of amides is 1. The van der Waals surface area contributed by atoms with Crippen LogP contribution in [0.25, 0.3) is 0 Å². The number of hydrogen-bond acceptors (Lipinski definition) is 4. The number of nitrogens with zero attached hydrogens (tertiary/aromatic N) is 4. The van der Waals surface area contributed by atoms with Gasteiger partial charge in [-0.15, -0.1) is 0 Å². The molecule has 2 aromatic heterocycles. The summed E-state index contributed by atoms with van der Waals surface area (Å²) in [5.41, 5.74) is 4.33. The van der Waals surface area contributed by atoms with Crippen molar-refractivity contribution in [2.75, 3.05) is 6.54 Å². The Morgan fingerprint density at radius 2 is 2.27 bits per heavy atom. The van der Waals surface area contributed by atoms with Crippen LogP contribution < -0.4 is 0 Å². The predicted molar refractivity (Wildman–Crippen MR) is 82.2 cm³/mol. The number of carbonyl (C=O) groups is 1. The quantitative estimate of drug-likeness (QED) is 0.934. The summed E-state index contributed by atoms with van der Waals surface area (Å²) in [5.74, 6) is 0.543. The molecule has 0 saturated carbocycles. The Morgan fingerprint density at radius 1 is 1.41 bits per heavy atom. The number of carbonyl (C=O) groups excluding carboxylic acids is 1. The number of hydrogen-bond donors (Lipinski definition) is 1. The predicted octanol–water partition coefficient (Wildman–Crippen LogP) is 1.84. The Morgan fingerprint density at radius 3 is 3.00 bits per heavy atom. The number of aryl methyl sites for hydroxylation is 1. The van der Waals surface area contributed by atoms with Crippen LogP contribution in [-0.2, 0) is 24.2 Å². The van der Waals surface area contributed by atoms with E-state index < -0.39 is 0 Å². The lowest BCUT2D eigenvalue weighted by Gasteiger charge is -2.27. The molecule has 0 radical (unpaired) electrons. The second-order valence-corrected chi connectivity index (χ2v) is 5.98. The molecule has 6 nitrogen and oxygen atoms in total. The summed E-state index contributed by atoms with van der Waals surface area (Å²) < 4.78 is 0. The van der Waals surface area contributed by atoms with E-state index in [2.05, 4.69) is 34.0 Å². The van der Waals surface area contributed by atoms with Gasteiger partial charge in [-0.2, -0.15) is 5.10 Å². The van der Waals surface area contributed by atoms with Gasteiger partial charge in [-0.1, -0.05) is 13.8 Å². The smallest absolute Gasteiger partial charge is 0.223 e. The first-order valence-corrected chi connectivity index (χ1v) is 7.74. The van der Waals surface area contributed by atoms with Crippen molar-refractivity contribution >= 4 is 5.91 Å². The molecule has 0 aliphatic carbocycles. The Labute approximate surface area is 130 Å². The van der Waals surface area contributed by atoms with E-state index in [4.69, 9.17) is 0 Å². The number of fused-ring (bicyclic) bond motifs is 1. The van der Waals surface area contributed by atoms with E-state index in [9.17, 15) is 4.79 Å². The molecule has 3 heterocycles. The minimum atomic E-state index is 0.173. The van der Waals surface area contributed by atoms with Gasteiger partial charge in [0.25, 0.3) is 0 Å². The van der Waals surface area contributed by atoms with Crippen molar-refractivity contribution in [2.24, 2.45) is 0 Å². The maximum absolute atomic E-state index is 12.4. The Balaban J connectivity index is 1.64. The van der Waals surface area contributed by atoms with Gasteiger partial charge in [-0.3, -0.25) is 19.9 Å². The molecular weight excluding hydrogens is 278 g/mol. The van der Waals surface area contributed by atoms with Gasteiger partial charge in [0.1, 0.15) is 0 Å². The molecule has 0 bridgehead atoms. The molecule has 0 atom stereocenters. The van der Waals surface area contributed by atoms with E-state index in [0.717, 1.165) is 24.4 Å². The maximum atomic E-state index is 12.4. The van der Waals surface area contributed by atoms with Crippen LogP contribution in [0.4, 0.5) is 0 Å². The van der Waals surface area contributed by atoms with Gasteiger partial charge in [0.2, 0.25) is 5.91 Å². The summed E-state index contributed by atoms with van der Waals surface area (Å²) in [6.07, 6.45) is 6.99. The van der Waals surface area contributed by atoms with Crippen molar-refractivity contribution in [2.45, 2.75) is 45.6 Å². The SMILES string of the molecule is CC(C)c1n[nH]c2c1CN(C(=O)CCc1cnccn1)CC2. The van der Waals surface area contributed by atoms with Gasteiger partial charge >= 0.3 is 0 Å². The van der Waals surface area contributed by atoms with Gasteiger partial charge in [-0.25, -0.2) is 0 Å². The van der Waals surface area contributed by atoms with Crippen LogP contribution in [0.15, 0.2) is 18.6 Å². The monoisotopic (exact) mass is 299 g/mol. The summed E-state index contributed by atoms with van der Waals surface area (Å²) in [4.78, 5) is 22.6. The van der Waals surface area contributed by atoms with Crippen molar-refractivity contribution in [3.05, 3.63) is 41.2 Å².